The van der Waals surface area contributed by atoms with Crippen LogP contribution in [0.15, 0.2) is 58.0 Å². The zero-order valence-electron chi connectivity index (χ0n) is 21.4. The van der Waals surface area contributed by atoms with E-state index >= 15 is 0 Å². The van der Waals surface area contributed by atoms with Crippen molar-refractivity contribution in [3.63, 3.8) is 0 Å². The Balaban J connectivity index is 1.70. The lowest BCUT2D eigenvalue weighted by molar-refractivity contribution is 0.00196. The van der Waals surface area contributed by atoms with Crippen molar-refractivity contribution in [2.24, 2.45) is 0 Å². The lowest BCUT2D eigenvalue weighted by Crippen LogP contribution is -2.43. The fourth-order valence-electron chi connectivity index (χ4n) is 4.94. The highest BCUT2D eigenvalue weighted by Crippen LogP contribution is 2.44. The van der Waals surface area contributed by atoms with Gasteiger partial charge in [-0.3, -0.25) is 4.79 Å². The monoisotopic (exact) mass is 569 g/mol. The number of ether oxygens (including phenoxy) is 3. The van der Waals surface area contributed by atoms with Crippen LogP contribution in [0.3, 0.4) is 0 Å². The highest BCUT2D eigenvalue weighted by atomic mass is 35.5. The van der Waals surface area contributed by atoms with Crippen LogP contribution in [0.1, 0.15) is 28.3 Å². The van der Waals surface area contributed by atoms with E-state index in [1.54, 1.807) is 36.5 Å². The van der Waals surface area contributed by atoms with Gasteiger partial charge in [0.2, 0.25) is 0 Å². The number of esters is 1. The van der Waals surface area contributed by atoms with E-state index in [1.165, 1.54) is 26.5 Å². The fraction of sp³-hybridized carbons (Fsp3) is 0.286. The third-order valence-electron chi connectivity index (χ3n) is 6.80. The number of hydrogen-bond donors (Lipinski definition) is 0. The Labute approximate surface area is 234 Å². The summed E-state index contributed by atoms with van der Waals surface area (Å²) in [5.41, 5.74) is 1.16. The van der Waals surface area contributed by atoms with Gasteiger partial charge in [0.25, 0.3) is 0 Å². The molecule has 0 bridgehead atoms. The summed E-state index contributed by atoms with van der Waals surface area (Å²) in [5, 5.41) is 0.493. The zero-order valence-corrected chi connectivity index (χ0v) is 23.0. The van der Waals surface area contributed by atoms with Crippen molar-refractivity contribution in [2.75, 3.05) is 34.4 Å². The molecule has 1 aliphatic rings. The SMILES string of the molecule is COc1cc(OC)c2c(=O)cc(-c3cccnc3Cl)oc2c1[C@H]1CCN(C)C[C@H]1OC(=O)c1cccnc1Cl. The number of benzene rings is 1. The number of pyridine rings is 2. The molecule has 0 amide bonds. The van der Waals surface area contributed by atoms with E-state index in [0.29, 0.717) is 42.1 Å². The van der Waals surface area contributed by atoms with Gasteiger partial charge in [-0.1, -0.05) is 23.2 Å². The molecule has 11 heteroatoms. The van der Waals surface area contributed by atoms with Crippen LogP contribution in [-0.4, -0.2) is 61.3 Å². The largest absolute Gasteiger partial charge is 0.496 e. The zero-order chi connectivity index (χ0) is 27.7. The molecule has 4 heterocycles. The number of likely N-dealkylation sites (tertiary alicyclic amines) is 1. The predicted octanol–water partition coefficient (Wildman–Crippen LogP) is 5.22. The number of likely N-dealkylation sites (N-methyl/N-ethyl adjacent to an activating group) is 1. The Hall–Kier alpha value is -3.66. The molecular weight excluding hydrogens is 545 g/mol. The molecule has 1 saturated heterocycles. The molecule has 0 aliphatic carbocycles. The van der Waals surface area contributed by atoms with Crippen molar-refractivity contribution in [3.05, 3.63) is 80.4 Å². The first-order valence-corrected chi connectivity index (χ1v) is 12.9. The Morgan fingerprint density at radius 2 is 1.77 bits per heavy atom. The maximum Gasteiger partial charge on any atom is 0.341 e. The molecule has 39 heavy (non-hydrogen) atoms. The molecule has 9 nitrogen and oxygen atoms in total. The van der Waals surface area contributed by atoms with Crippen molar-refractivity contribution in [1.29, 1.82) is 0 Å². The third-order valence-corrected chi connectivity index (χ3v) is 7.40. The second-order valence-corrected chi connectivity index (χ2v) is 9.87. The average Bonchev–Trinajstić information content (AvgIpc) is 2.93. The smallest absolute Gasteiger partial charge is 0.341 e. The Morgan fingerprint density at radius 3 is 2.46 bits per heavy atom. The Kier molecular flexibility index (Phi) is 7.74. The van der Waals surface area contributed by atoms with Crippen molar-refractivity contribution < 1.29 is 23.4 Å². The van der Waals surface area contributed by atoms with Gasteiger partial charge >= 0.3 is 5.97 Å². The standard InChI is InChI=1S/C28H25Cl2N3O6/c1-33-11-8-15(22(14-33)39-28(35)17-7-5-10-32-27(17)30)23-20(36-2)13-21(37-3)24-18(34)12-19(38-25(23)24)16-6-4-9-31-26(16)29/h4-7,9-10,12-13,15,22H,8,11,14H2,1-3H3/t15-,22+/m0/s1. The van der Waals surface area contributed by atoms with Gasteiger partial charge in [0.15, 0.2) is 5.43 Å². The molecule has 2 atom stereocenters. The first-order valence-electron chi connectivity index (χ1n) is 12.2. The van der Waals surface area contributed by atoms with E-state index in [0.717, 1.165) is 0 Å². The van der Waals surface area contributed by atoms with Crippen LogP contribution in [0.4, 0.5) is 0 Å². The second kappa shape index (κ2) is 11.2. The minimum Gasteiger partial charge on any atom is -0.496 e. The minimum absolute atomic E-state index is 0.0553. The van der Waals surface area contributed by atoms with Crippen LogP contribution in [0.25, 0.3) is 22.3 Å². The van der Waals surface area contributed by atoms with E-state index < -0.39 is 12.1 Å². The quantitative estimate of drug-likeness (QED) is 0.228. The van der Waals surface area contributed by atoms with E-state index in [4.69, 9.17) is 41.8 Å². The number of carbonyl (C=O) groups excluding carboxylic acids is 1. The van der Waals surface area contributed by atoms with Gasteiger partial charge in [0.05, 0.1) is 25.3 Å². The van der Waals surface area contributed by atoms with E-state index in [1.807, 2.05) is 7.05 Å². The molecule has 1 aliphatic heterocycles. The molecule has 5 rings (SSSR count). The number of fused-ring (bicyclic) bond motifs is 1. The number of methoxy groups -OCH3 is 2. The summed E-state index contributed by atoms with van der Waals surface area (Å²) >= 11 is 12.5. The van der Waals surface area contributed by atoms with Crippen LogP contribution >= 0.6 is 23.2 Å². The number of aromatic nitrogens is 2. The number of hydrogen-bond acceptors (Lipinski definition) is 9. The maximum absolute atomic E-state index is 13.5. The number of piperidine rings is 1. The topological polar surface area (TPSA) is 104 Å². The highest BCUT2D eigenvalue weighted by Gasteiger charge is 2.37. The summed E-state index contributed by atoms with van der Waals surface area (Å²) in [6, 6.07) is 9.61. The van der Waals surface area contributed by atoms with Gasteiger partial charge in [0, 0.05) is 42.6 Å². The van der Waals surface area contributed by atoms with Crippen LogP contribution in [0, 0.1) is 0 Å². The molecule has 202 valence electrons. The fourth-order valence-corrected chi connectivity index (χ4v) is 5.35. The van der Waals surface area contributed by atoms with E-state index in [9.17, 15) is 9.59 Å². The molecule has 4 aromatic rings. The molecular formula is C28H25Cl2N3O6. The van der Waals surface area contributed by atoms with Gasteiger partial charge < -0.3 is 23.5 Å². The summed E-state index contributed by atoms with van der Waals surface area (Å²) in [6.07, 6.45) is 3.02. The number of halogens is 2. The molecule has 1 aromatic carbocycles. The summed E-state index contributed by atoms with van der Waals surface area (Å²) in [7, 11) is 4.94. The lowest BCUT2D eigenvalue weighted by Gasteiger charge is -2.37. The minimum atomic E-state index is -0.617. The first-order chi connectivity index (χ1) is 18.8. The summed E-state index contributed by atoms with van der Waals surface area (Å²) in [5.74, 6) is -0.00398. The van der Waals surface area contributed by atoms with Gasteiger partial charge in [0.1, 0.15) is 44.6 Å². The molecule has 0 unspecified atom stereocenters. The van der Waals surface area contributed by atoms with Crippen molar-refractivity contribution in [2.45, 2.75) is 18.4 Å². The van der Waals surface area contributed by atoms with E-state index in [2.05, 4.69) is 14.9 Å². The van der Waals surface area contributed by atoms with Crippen LogP contribution in [-0.2, 0) is 4.74 Å². The second-order valence-electron chi connectivity index (χ2n) is 9.16. The van der Waals surface area contributed by atoms with Crippen molar-refractivity contribution in [1.82, 2.24) is 14.9 Å². The van der Waals surface area contributed by atoms with Crippen LogP contribution < -0.4 is 14.9 Å². The lowest BCUT2D eigenvalue weighted by atomic mass is 9.85. The number of rotatable bonds is 6. The van der Waals surface area contributed by atoms with Crippen LogP contribution in [0.5, 0.6) is 11.5 Å². The van der Waals surface area contributed by atoms with Crippen molar-refractivity contribution >= 4 is 40.1 Å². The molecule has 0 radical (unpaired) electrons. The summed E-state index contributed by atoms with van der Waals surface area (Å²) in [4.78, 5) is 36.8. The van der Waals surface area contributed by atoms with Gasteiger partial charge in [-0.2, -0.15) is 0 Å². The van der Waals surface area contributed by atoms with Gasteiger partial charge in [-0.25, -0.2) is 14.8 Å². The first kappa shape index (κ1) is 26.9. The predicted molar refractivity (Wildman–Crippen MR) is 147 cm³/mol. The average molecular weight is 570 g/mol. The number of nitrogens with zero attached hydrogens (tertiary/aromatic N) is 3. The Morgan fingerprint density at radius 1 is 1.05 bits per heavy atom. The molecule has 0 saturated carbocycles. The molecule has 3 aromatic heterocycles. The summed E-state index contributed by atoms with van der Waals surface area (Å²) in [6.45, 7) is 1.14. The van der Waals surface area contributed by atoms with Crippen LogP contribution in [0.2, 0.25) is 10.3 Å². The van der Waals surface area contributed by atoms with E-state index in [-0.39, 0.29) is 43.9 Å². The highest BCUT2D eigenvalue weighted by molar-refractivity contribution is 6.32. The van der Waals surface area contributed by atoms with Gasteiger partial charge in [-0.05, 0) is 44.3 Å². The van der Waals surface area contributed by atoms with Crippen molar-refractivity contribution in [3.8, 4) is 22.8 Å². The number of carbonyl (C=O) groups is 1. The molecule has 0 spiro atoms. The molecule has 1 fully saturated rings. The summed E-state index contributed by atoms with van der Waals surface area (Å²) < 4.78 is 23.7. The maximum atomic E-state index is 13.5. The van der Waals surface area contributed by atoms with Gasteiger partial charge in [-0.15, -0.1) is 0 Å². The normalized spacial score (nSPS) is 17.7. The Bertz CT molecular complexity index is 1610. The third kappa shape index (κ3) is 5.17. The molecule has 0 N–H and O–H groups in total.